The predicted octanol–water partition coefficient (Wildman–Crippen LogP) is 2.59. The Morgan fingerprint density at radius 2 is 2.00 bits per heavy atom. The van der Waals surface area contributed by atoms with Gasteiger partial charge in [0.1, 0.15) is 0 Å². The summed E-state index contributed by atoms with van der Waals surface area (Å²) >= 11 is 0. The topological polar surface area (TPSA) is 20.2 Å². The van der Waals surface area contributed by atoms with E-state index in [2.05, 4.69) is 13.8 Å². The van der Waals surface area contributed by atoms with E-state index in [4.69, 9.17) is 5.11 Å². The second-order valence-corrected chi connectivity index (χ2v) is 4.44. The summed E-state index contributed by atoms with van der Waals surface area (Å²) in [6.45, 7) is 4.92. The van der Waals surface area contributed by atoms with Crippen molar-refractivity contribution in [3.8, 4) is 0 Å². The van der Waals surface area contributed by atoms with Crippen molar-refractivity contribution in [2.24, 2.45) is 11.3 Å². The predicted molar refractivity (Wildman–Crippen MR) is 47.4 cm³/mol. The van der Waals surface area contributed by atoms with Crippen LogP contribution < -0.4 is 0 Å². The van der Waals surface area contributed by atoms with Crippen LogP contribution in [0.1, 0.15) is 46.0 Å². The van der Waals surface area contributed by atoms with Crippen molar-refractivity contribution in [1.29, 1.82) is 0 Å². The number of rotatable bonds is 4. The Labute approximate surface area is 69.8 Å². The van der Waals surface area contributed by atoms with E-state index in [1.54, 1.807) is 0 Å². The molecule has 1 nitrogen and oxygen atoms in total. The first kappa shape index (κ1) is 9.05. The highest BCUT2D eigenvalue weighted by Crippen LogP contribution is 2.44. The summed E-state index contributed by atoms with van der Waals surface area (Å²) in [5, 5.41) is 9.15. The van der Waals surface area contributed by atoms with Crippen LogP contribution in [0.4, 0.5) is 0 Å². The molecule has 0 aromatic heterocycles. The van der Waals surface area contributed by atoms with Gasteiger partial charge in [0.05, 0.1) is 0 Å². The molecule has 0 unspecified atom stereocenters. The van der Waals surface area contributed by atoms with Crippen LogP contribution in [0.15, 0.2) is 0 Å². The van der Waals surface area contributed by atoms with Crippen LogP contribution in [0.5, 0.6) is 0 Å². The molecule has 0 amide bonds. The van der Waals surface area contributed by atoms with E-state index < -0.39 is 0 Å². The molecule has 1 saturated carbocycles. The minimum atomic E-state index is 0.351. The number of aliphatic hydroxyl groups is 1. The van der Waals surface area contributed by atoms with Crippen molar-refractivity contribution in [2.45, 2.75) is 46.0 Å². The number of hydrogen-bond acceptors (Lipinski definition) is 1. The van der Waals surface area contributed by atoms with Crippen molar-refractivity contribution in [2.75, 3.05) is 6.61 Å². The van der Waals surface area contributed by atoms with Gasteiger partial charge in [0, 0.05) is 6.61 Å². The zero-order valence-corrected chi connectivity index (χ0v) is 7.77. The van der Waals surface area contributed by atoms with Crippen LogP contribution in [0.3, 0.4) is 0 Å². The molecule has 0 saturated heterocycles. The molecular formula is C10H20O. The van der Waals surface area contributed by atoms with E-state index in [9.17, 15) is 0 Å². The van der Waals surface area contributed by atoms with Gasteiger partial charge < -0.3 is 5.11 Å². The average molecular weight is 156 g/mol. The lowest BCUT2D eigenvalue weighted by Gasteiger charge is -2.40. The second kappa shape index (κ2) is 3.57. The first-order chi connectivity index (χ1) is 5.18. The summed E-state index contributed by atoms with van der Waals surface area (Å²) in [5.41, 5.74) is 0.351. The molecule has 11 heavy (non-hydrogen) atoms. The average Bonchev–Trinajstić information content (AvgIpc) is 1.86. The van der Waals surface area contributed by atoms with Crippen LogP contribution in [0.2, 0.25) is 0 Å². The van der Waals surface area contributed by atoms with E-state index in [1.807, 2.05) is 0 Å². The molecule has 0 bridgehead atoms. The number of hydrogen-bond donors (Lipinski definition) is 1. The molecule has 0 radical (unpaired) electrons. The van der Waals surface area contributed by atoms with Crippen molar-refractivity contribution in [1.82, 2.24) is 0 Å². The van der Waals surface area contributed by atoms with Gasteiger partial charge in [-0.25, -0.2) is 0 Å². The van der Waals surface area contributed by atoms with Crippen LogP contribution in [0, 0.1) is 11.3 Å². The Hall–Kier alpha value is -0.0400. The highest BCUT2D eigenvalue weighted by molar-refractivity contribution is 4.86. The molecule has 1 aliphatic rings. The fraction of sp³-hybridized carbons (Fsp3) is 1.00. The molecule has 1 N–H and O–H groups in total. The first-order valence-electron chi connectivity index (χ1n) is 4.79. The fourth-order valence-electron chi connectivity index (χ4n) is 1.76. The highest BCUT2D eigenvalue weighted by atomic mass is 16.3. The molecule has 1 fully saturated rings. The third kappa shape index (κ3) is 2.19. The maximum absolute atomic E-state index is 9.15. The molecule has 0 aromatic rings. The Bertz CT molecular complexity index is 109. The summed E-state index contributed by atoms with van der Waals surface area (Å²) in [7, 11) is 0. The lowest BCUT2D eigenvalue weighted by molar-refractivity contribution is 0.0312. The summed E-state index contributed by atoms with van der Waals surface area (Å²) in [6, 6.07) is 0. The molecule has 1 aliphatic carbocycles. The van der Waals surface area contributed by atoms with Gasteiger partial charge in [-0.2, -0.15) is 0 Å². The molecule has 0 aliphatic heterocycles. The lowest BCUT2D eigenvalue weighted by atomic mass is 9.66. The van der Waals surface area contributed by atoms with E-state index in [0.29, 0.717) is 12.0 Å². The van der Waals surface area contributed by atoms with E-state index >= 15 is 0 Å². The van der Waals surface area contributed by atoms with Gasteiger partial charge in [-0.15, -0.1) is 0 Å². The standard InChI is InChI=1S/C10H20O/c1-9(2)4-7-10(8-11)5-3-6-10/h9,11H,3-8H2,1-2H3. The van der Waals surface area contributed by atoms with E-state index in [-0.39, 0.29) is 0 Å². The van der Waals surface area contributed by atoms with Crippen molar-refractivity contribution in [3.05, 3.63) is 0 Å². The largest absolute Gasteiger partial charge is 0.396 e. The lowest BCUT2D eigenvalue weighted by Crippen LogP contribution is -2.33. The summed E-state index contributed by atoms with van der Waals surface area (Å²) in [4.78, 5) is 0. The zero-order valence-electron chi connectivity index (χ0n) is 7.77. The Balaban J connectivity index is 2.22. The molecule has 0 heterocycles. The maximum atomic E-state index is 9.15. The molecule has 1 rings (SSSR count). The van der Waals surface area contributed by atoms with Gasteiger partial charge in [-0.3, -0.25) is 0 Å². The van der Waals surface area contributed by atoms with Gasteiger partial charge in [-0.1, -0.05) is 26.7 Å². The first-order valence-corrected chi connectivity index (χ1v) is 4.79. The van der Waals surface area contributed by atoms with Gasteiger partial charge in [0.2, 0.25) is 0 Å². The van der Waals surface area contributed by atoms with Gasteiger partial charge in [0.15, 0.2) is 0 Å². The quantitative estimate of drug-likeness (QED) is 0.663. The Morgan fingerprint density at radius 1 is 1.36 bits per heavy atom. The smallest absolute Gasteiger partial charge is 0.0487 e. The molecule has 66 valence electrons. The zero-order chi connectivity index (χ0) is 8.32. The Morgan fingerprint density at radius 3 is 2.27 bits per heavy atom. The summed E-state index contributed by atoms with van der Waals surface area (Å²) < 4.78 is 0. The van der Waals surface area contributed by atoms with Gasteiger partial charge in [0.25, 0.3) is 0 Å². The molecular weight excluding hydrogens is 136 g/mol. The maximum Gasteiger partial charge on any atom is 0.0487 e. The number of aliphatic hydroxyl groups excluding tert-OH is 1. The third-order valence-corrected chi connectivity index (χ3v) is 3.00. The minimum absolute atomic E-state index is 0.351. The van der Waals surface area contributed by atoms with Crippen LogP contribution in [-0.4, -0.2) is 11.7 Å². The molecule has 0 aromatic carbocycles. The van der Waals surface area contributed by atoms with Crippen molar-refractivity contribution in [3.63, 3.8) is 0 Å². The minimum Gasteiger partial charge on any atom is -0.396 e. The highest BCUT2D eigenvalue weighted by Gasteiger charge is 2.35. The van der Waals surface area contributed by atoms with Crippen LogP contribution >= 0.6 is 0 Å². The molecule has 1 heteroatoms. The fourth-order valence-corrected chi connectivity index (χ4v) is 1.76. The Kier molecular flexibility index (Phi) is 2.94. The summed E-state index contributed by atoms with van der Waals surface area (Å²) in [6.07, 6.45) is 6.37. The van der Waals surface area contributed by atoms with Gasteiger partial charge in [-0.05, 0) is 30.6 Å². The molecule has 0 spiro atoms. The molecule has 0 atom stereocenters. The normalized spacial score (nSPS) is 21.8. The van der Waals surface area contributed by atoms with Crippen LogP contribution in [-0.2, 0) is 0 Å². The second-order valence-electron chi connectivity index (χ2n) is 4.44. The monoisotopic (exact) mass is 156 g/mol. The SMILES string of the molecule is CC(C)CCC1(CO)CCC1. The third-order valence-electron chi connectivity index (χ3n) is 3.00. The van der Waals surface area contributed by atoms with Crippen molar-refractivity contribution >= 4 is 0 Å². The van der Waals surface area contributed by atoms with E-state index in [0.717, 1.165) is 5.92 Å². The summed E-state index contributed by atoms with van der Waals surface area (Å²) in [5.74, 6) is 0.791. The van der Waals surface area contributed by atoms with E-state index in [1.165, 1.54) is 32.1 Å². The van der Waals surface area contributed by atoms with Gasteiger partial charge >= 0.3 is 0 Å². The van der Waals surface area contributed by atoms with Crippen LogP contribution in [0.25, 0.3) is 0 Å². The van der Waals surface area contributed by atoms with Crippen molar-refractivity contribution < 1.29 is 5.11 Å².